The first-order valence-electron chi connectivity index (χ1n) is 6.89. The molecule has 112 valence electrons. The van der Waals surface area contributed by atoms with E-state index in [4.69, 9.17) is 21.1 Å². The minimum absolute atomic E-state index is 0.145. The Morgan fingerprint density at radius 2 is 2.15 bits per heavy atom. The zero-order valence-electron chi connectivity index (χ0n) is 12.2. The van der Waals surface area contributed by atoms with Crippen molar-refractivity contribution in [1.82, 2.24) is 5.32 Å². The zero-order valence-corrected chi connectivity index (χ0v) is 13.0. The Balaban J connectivity index is 2.65. The summed E-state index contributed by atoms with van der Waals surface area (Å²) in [5.74, 6) is 0.605. The van der Waals surface area contributed by atoms with Crippen LogP contribution in [-0.4, -0.2) is 25.2 Å². The van der Waals surface area contributed by atoms with E-state index in [1.54, 1.807) is 19.1 Å². The van der Waals surface area contributed by atoms with Crippen molar-refractivity contribution in [3.8, 4) is 5.75 Å². The van der Waals surface area contributed by atoms with Crippen LogP contribution >= 0.6 is 11.6 Å². The molecule has 0 unspecified atom stereocenters. The topological polar surface area (TPSA) is 47.6 Å². The number of ether oxygens (including phenoxy) is 2. The number of nitrogens with one attached hydrogen (secondary N) is 1. The maximum atomic E-state index is 11.8. The average Bonchev–Trinajstić information content (AvgIpc) is 2.44. The molecule has 0 heterocycles. The van der Waals surface area contributed by atoms with Crippen molar-refractivity contribution in [2.45, 2.75) is 39.8 Å². The highest BCUT2D eigenvalue weighted by Gasteiger charge is 2.13. The quantitative estimate of drug-likeness (QED) is 0.802. The second kappa shape index (κ2) is 8.82. The molecule has 1 aromatic rings. The number of amides is 1. The van der Waals surface area contributed by atoms with Crippen LogP contribution in [0.25, 0.3) is 0 Å². The summed E-state index contributed by atoms with van der Waals surface area (Å²) in [5.41, 5.74) is 0.864. The van der Waals surface area contributed by atoms with Gasteiger partial charge in [-0.1, -0.05) is 18.5 Å². The van der Waals surface area contributed by atoms with Gasteiger partial charge >= 0.3 is 0 Å². The van der Waals surface area contributed by atoms with Crippen LogP contribution in [0.3, 0.4) is 0 Å². The summed E-state index contributed by atoms with van der Waals surface area (Å²) in [6, 6.07) is 5.41. The average molecular weight is 300 g/mol. The first kappa shape index (κ1) is 16.8. The van der Waals surface area contributed by atoms with Crippen molar-refractivity contribution < 1.29 is 14.3 Å². The number of hydrogen-bond donors (Lipinski definition) is 1. The van der Waals surface area contributed by atoms with Crippen LogP contribution in [0, 0.1) is 0 Å². The van der Waals surface area contributed by atoms with E-state index in [9.17, 15) is 4.79 Å². The van der Waals surface area contributed by atoms with E-state index in [1.807, 2.05) is 19.9 Å². The molecule has 0 bridgehead atoms. The predicted octanol–water partition coefficient (Wildman–Crippen LogP) is 3.17. The van der Waals surface area contributed by atoms with Gasteiger partial charge in [0.25, 0.3) is 0 Å². The summed E-state index contributed by atoms with van der Waals surface area (Å²) in [5, 5.41) is 3.45. The third-order valence-corrected chi connectivity index (χ3v) is 2.96. The third-order valence-electron chi connectivity index (χ3n) is 2.72. The summed E-state index contributed by atoms with van der Waals surface area (Å²) in [6.45, 7) is 7.15. The largest absolute Gasteiger partial charge is 0.493 e. The number of carbonyl (C=O) groups excluding carboxylic acids is 1. The first-order chi connectivity index (χ1) is 9.58. The molecule has 1 aromatic carbocycles. The van der Waals surface area contributed by atoms with Crippen molar-refractivity contribution in [3.63, 3.8) is 0 Å². The van der Waals surface area contributed by atoms with Gasteiger partial charge < -0.3 is 14.8 Å². The van der Waals surface area contributed by atoms with Crippen LogP contribution in [0.1, 0.15) is 32.8 Å². The third kappa shape index (κ3) is 5.39. The lowest BCUT2D eigenvalue weighted by atomic mass is 10.2. The maximum Gasteiger partial charge on any atom is 0.249 e. The van der Waals surface area contributed by atoms with Crippen molar-refractivity contribution in [2.75, 3.05) is 13.2 Å². The summed E-state index contributed by atoms with van der Waals surface area (Å²) in [7, 11) is 0. The predicted molar refractivity (Wildman–Crippen MR) is 80.2 cm³/mol. The molecule has 0 aliphatic rings. The van der Waals surface area contributed by atoms with Gasteiger partial charge in [-0.2, -0.15) is 0 Å². The normalized spacial score (nSPS) is 12.0. The number of rotatable bonds is 8. The minimum atomic E-state index is -0.459. The van der Waals surface area contributed by atoms with E-state index in [-0.39, 0.29) is 5.91 Å². The van der Waals surface area contributed by atoms with Crippen molar-refractivity contribution >= 4 is 17.5 Å². The Morgan fingerprint density at radius 1 is 1.40 bits per heavy atom. The lowest BCUT2D eigenvalue weighted by Gasteiger charge is -2.15. The Bertz CT molecular complexity index is 437. The Labute approximate surface area is 125 Å². The van der Waals surface area contributed by atoms with Gasteiger partial charge in [-0.3, -0.25) is 4.79 Å². The van der Waals surface area contributed by atoms with Gasteiger partial charge in [-0.15, -0.1) is 0 Å². The molecular formula is C15H22ClNO3. The Kier molecular flexibility index (Phi) is 7.41. The lowest BCUT2D eigenvalue weighted by molar-refractivity contribution is -0.131. The lowest BCUT2D eigenvalue weighted by Crippen LogP contribution is -2.34. The smallest absolute Gasteiger partial charge is 0.249 e. The summed E-state index contributed by atoms with van der Waals surface area (Å²) in [6.07, 6.45) is 0.467. The molecule has 1 atom stereocenters. The number of carbonyl (C=O) groups is 1. The van der Waals surface area contributed by atoms with Gasteiger partial charge in [0.1, 0.15) is 11.9 Å². The minimum Gasteiger partial charge on any atom is -0.493 e. The fourth-order valence-corrected chi connectivity index (χ4v) is 1.89. The molecule has 0 saturated heterocycles. The molecule has 0 radical (unpaired) electrons. The highest BCUT2D eigenvalue weighted by atomic mass is 35.5. The van der Waals surface area contributed by atoms with Crippen LogP contribution in [0.2, 0.25) is 5.02 Å². The highest BCUT2D eigenvalue weighted by molar-refractivity contribution is 6.30. The SMILES string of the molecule is CCCOc1ccc(Cl)cc1CNC(=O)[C@@H](C)OCC. The molecule has 5 heteroatoms. The van der Waals surface area contributed by atoms with E-state index < -0.39 is 6.10 Å². The molecule has 4 nitrogen and oxygen atoms in total. The Morgan fingerprint density at radius 3 is 2.80 bits per heavy atom. The number of hydrogen-bond acceptors (Lipinski definition) is 3. The van der Waals surface area contributed by atoms with E-state index in [0.29, 0.717) is 24.8 Å². The van der Waals surface area contributed by atoms with Gasteiger partial charge in [-0.05, 0) is 38.5 Å². The molecule has 1 rings (SSSR count). The highest BCUT2D eigenvalue weighted by Crippen LogP contribution is 2.23. The van der Waals surface area contributed by atoms with Crippen LogP contribution < -0.4 is 10.1 Å². The molecule has 1 N–H and O–H groups in total. The van der Waals surface area contributed by atoms with Crippen LogP contribution in [0.5, 0.6) is 5.75 Å². The summed E-state index contributed by atoms with van der Waals surface area (Å²) >= 11 is 5.99. The molecule has 0 saturated carbocycles. The zero-order chi connectivity index (χ0) is 15.0. The van der Waals surface area contributed by atoms with E-state index in [2.05, 4.69) is 5.32 Å². The van der Waals surface area contributed by atoms with E-state index in [0.717, 1.165) is 17.7 Å². The fourth-order valence-electron chi connectivity index (χ4n) is 1.69. The molecule has 0 aromatic heterocycles. The molecular weight excluding hydrogens is 278 g/mol. The van der Waals surface area contributed by atoms with Crippen LogP contribution in [0.15, 0.2) is 18.2 Å². The first-order valence-corrected chi connectivity index (χ1v) is 7.26. The second-order valence-electron chi connectivity index (χ2n) is 4.42. The molecule has 0 fully saturated rings. The van der Waals surface area contributed by atoms with Crippen molar-refractivity contribution in [3.05, 3.63) is 28.8 Å². The molecule has 0 aliphatic carbocycles. The van der Waals surface area contributed by atoms with Gasteiger partial charge in [0.15, 0.2) is 0 Å². The second-order valence-corrected chi connectivity index (χ2v) is 4.85. The van der Waals surface area contributed by atoms with E-state index in [1.165, 1.54) is 0 Å². The van der Waals surface area contributed by atoms with Crippen LogP contribution in [0.4, 0.5) is 0 Å². The van der Waals surface area contributed by atoms with Gasteiger partial charge in [-0.25, -0.2) is 0 Å². The number of benzene rings is 1. The monoisotopic (exact) mass is 299 g/mol. The number of halogens is 1. The van der Waals surface area contributed by atoms with Crippen LogP contribution in [-0.2, 0) is 16.1 Å². The molecule has 0 spiro atoms. The van der Waals surface area contributed by atoms with Crippen molar-refractivity contribution in [1.29, 1.82) is 0 Å². The fraction of sp³-hybridized carbons (Fsp3) is 0.533. The molecule has 1 amide bonds. The summed E-state index contributed by atoms with van der Waals surface area (Å²) in [4.78, 5) is 11.8. The standard InChI is InChI=1S/C15H22ClNO3/c1-4-8-20-14-7-6-13(16)9-12(14)10-17-15(18)11(3)19-5-2/h6-7,9,11H,4-5,8,10H2,1-3H3,(H,17,18)/t11-/m1/s1. The molecule has 20 heavy (non-hydrogen) atoms. The van der Waals surface area contributed by atoms with Gasteiger partial charge in [0, 0.05) is 23.7 Å². The Hall–Kier alpha value is -1.26. The van der Waals surface area contributed by atoms with Crippen molar-refractivity contribution in [2.24, 2.45) is 0 Å². The van der Waals surface area contributed by atoms with Gasteiger partial charge in [0.05, 0.1) is 6.61 Å². The van der Waals surface area contributed by atoms with E-state index >= 15 is 0 Å². The molecule has 0 aliphatic heterocycles. The van der Waals surface area contributed by atoms with Gasteiger partial charge in [0.2, 0.25) is 5.91 Å². The summed E-state index contributed by atoms with van der Waals surface area (Å²) < 4.78 is 10.9. The maximum absolute atomic E-state index is 11.8.